The first-order chi connectivity index (χ1) is 11.8. The SMILES string of the molecule is O=C(O)CCn1cc(NC(=O)OCc2ccccc2)c(C(F)(F)F)n1. The Kier molecular flexibility index (Phi) is 5.63. The van der Waals surface area contributed by atoms with Crippen LogP contribution in [0.3, 0.4) is 0 Å². The maximum Gasteiger partial charge on any atom is 0.437 e. The van der Waals surface area contributed by atoms with Gasteiger partial charge in [-0.05, 0) is 5.56 Å². The first kappa shape index (κ1) is 18.3. The van der Waals surface area contributed by atoms with Gasteiger partial charge in [0, 0.05) is 6.20 Å². The number of nitrogens with zero attached hydrogens (tertiary/aromatic N) is 2. The summed E-state index contributed by atoms with van der Waals surface area (Å²) in [6, 6.07) is 8.61. The van der Waals surface area contributed by atoms with Gasteiger partial charge in [0.25, 0.3) is 0 Å². The molecule has 0 fully saturated rings. The number of aryl methyl sites for hydroxylation is 1. The summed E-state index contributed by atoms with van der Waals surface area (Å²) in [4.78, 5) is 22.2. The fourth-order valence-corrected chi connectivity index (χ4v) is 1.92. The van der Waals surface area contributed by atoms with Crippen LogP contribution in [0.25, 0.3) is 0 Å². The van der Waals surface area contributed by atoms with Crippen molar-refractivity contribution in [1.29, 1.82) is 0 Å². The zero-order valence-corrected chi connectivity index (χ0v) is 12.8. The molecule has 10 heteroatoms. The highest BCUT2D eigenvalue weighted by Gasteiger charge is 2.38. The number of aliphatic carboxylic acids is 1. The van der Waals surface area contributed by atoms with Gasteiger partial charge in [0.1, 0.15) is 6.61 Å². The first-order valence-corrected chi connectivity index (χ1v) is 7.10. The van der Waals surface area contributed by atoms with Gasteiger partial charge in [0.2, 0.25) is 0 Å². The van der Waals surface area contributed by atoms with Crippen molar-refractivity contribution < 1.29 is 32.6 Å². The summed E-state index contributed by atoms with van der Waals surface area (Å²) in [5.41, 5.74) is -1.25. The highest BCUT2D eigenvalue weighted by Crippen LogP contribution is 2.33. The number of ether oxygens (including phenoxy) is 1. The number of hydrogen-bond donors (Lipinski definition) is 2. The minimum atomic E-state index is -4.81. The number of nitrogens with one attached hydrogen (secondary N) is 1. The highest BCUT2D eigenvalue weighted by molar-refractivity contribution is 5.85. The molecule has 134 valence electrons. The van der Waals surface area contributed by atoms with Crippen LogP contribution in [0.2, 0.25) is 0 Å². The van der Waals surface area contributed by atoms with E-state index in [1.165, 1.54) is 0 Å². The maximum absolute atomic E-state index is 13.0. The van der Waals surface area contributed by atoms with Crippen LogP contribution in [0, 0.1) is 0 Å². The molecule has 0 aliphatic heterocycles. The van der Waals surface area contributed by atoms with Crippen molar-refractivity contribution >= 4 is 17.7 Å². The van der Waals surface area contributed by atoms with Crippen molar-refractivity contribution in [3.63, 3.8) is 0 Å². The van der Waals surface area contributed by atoms with Crippen molar-refractivity contribution in [2.24, 2.45) is 0 Å². The molecule has 2 aromatic rings. The number of carbonyl (C=O) groups excluding carboxylic acids is 1. The standard InChI is InChI=1S/C15H14F3N3O4/c16-15(17,18)13-11(8-21(20-13)7-6-12(22)23)19-14(24)25-9-10-4-2-1-3-5-10/h1-5,8H,6-7,9H2,(H,19,24)(H,22,23). The van der Waals surface area contributed by atoms with Crippen LogP contribution >= 0.6 is 0 Å². The van der Waals surface area contributed by atoms with Gasteiger partial charge in [-0.15, -0.1) is 0 Å². The summed E-state index contributed by atoms with van der Waals surface area (Å²) in [5, 5.41) is 13.8. The van der Waals surface area contributed by atoms with Crippen molar-refractivity contribution in [2.75, 3.05) is 5.32 Å². The van der Waals surface area contributed by atoms with E-state index in [0.29, 0.717) is 5.56 Å². The summed E-state index contributed by atoms with van der Waals surface area (Å²) in [6.07, 6.45) is -5.38. The summed E-state index contributed by atoms with van der Waals surface area (Å²) < 4.78 is 44.6. The number of anilines is 1. The van der Waals surface area contributed by atoms with E-state index in [1.807, 2.05) is 5.32 Å². The average Bonchev–Trinajstić information content (AvgIpc) is 2.95. The van der Waals surface area contributed by atoms with Crippen LogP contribution in [0.1, 0.15) is 17.7 Å². The van der Waals surface area contributed by atoms with Crippen LogP contribution in [0.15, 0.2) is 36.5 Å². The quantitative estimate of drug-likeness (QED) is 0.828. The van der Waals surface area contributed by atoms with Crippen molar-refractivity contribution in [3.05, 3.63) is 47.8 Å². The molecule has 0 unspecified atom stereocenters. The van der Waals surface area contributed by atoms with Crippen LogP contribution in [-0.2, 0) is 28.9 Å². The van der Waals surface area contributed by atoms with Gasteiger partial charge in [0.05, 0.1) is 18.7 Å². The molecular formula is C15H14F3N3O4. The van der Waals surface area contributed by atoms with E-state index in [2.05, 4.69) is 5.10 Å². The van der Waals surface area contributed by atoms with Crippen LogP contribution < -0.4 is 5.32 Å². The molecule has 0 atom stereocenters. The molecule has 25 heavy (non-hydrogen) atoms. The molecule has 0 aliphatic carbocycles. The molecular weight excluding hydrogens is 343 g/mol. The van der Waals surface area contributed by atoms with Crippen molar-refractivity contribution in [3.8, 4) is 0 Å². The van der Waals surface area contributed by atoms with Gasteiger partial charge in [-0.25, -0.2) is 4.79 Å². The number of aromatic nitrogens is 2. The molecule has 0 aliphatic rings. The Morgan fingerprint density at radius 2 is 1.92 bits per heavy atom. The summed E-state index contributed by atoms with van der Waals surface area (Å²) in [5.74, 6) is -1.18. The monoisotopic (exact) mass is 357 g/mol. The molecule has 7 nitrogen and oxygen atoms in total. The predicted octanol–water partition coefficient (Wildman–Crippen LogP) is 3.13. The Morgan fingerprint density at radius 1 is 1.24 bits per heavy atom. The van der Waals surface area contributed by atoms with Crippen LogP contribution in [0.4, 0.5) is 23.7 Å². The molecule has 1 heterocycles. The lowest BCUT2D eigenvalue weighted by Gasteiger charge is -2.08. The van der Waals surface area contributed by atoms with Gasteiger partial charge in [-0.2, -0.15) is 18.3 Å². The van der Waals surface area contributed by atoms with E-state index in [0.717, 1.165) is 10.9 Å². The second-order valence-corrected chi connectivity index (χ2v) is 4.98. The van der Waals surface area contributed by atoms with Crippen molar-refractivity contribution in [1.82, 2.24) is 9.78 Å². The number of benzene rings is 1. The molecule has 0 saturated carbocycles. The number of carboxylic acids is 1. The van der Waals surface area contributed by atoms with Gasteiger partial charge in [-0.3, -0.25) is 14.8 Å². The fraction of sp³-hybridized carbons (Fsp3) is 0.267. The lowest BCUT2D eigenvalue weighted by molar-refractivity contribution is -0.140. The number of halogens is 3. The van der Waals surface area contributed by atoms with Gasteiger partial charge in [-0.1, -0.05) is 30.3 Å². The van der Waals surface area contributed by atoms with E-state index >= 15 is 0 Å². The largest absolute Gasteiger partial charge is 0.481 e. The third-order valence-electron chi connectivity index (χ3n) is 3.03. The lowest BCUT2D eigenvalue weighted by Crippen LogP contribution is -2.17. The third-order valence-corrected chi connectivity index (χ3v) is 3.03. The van der Waals surface area contributed by atoms with E-state index in [1.54, 1.807) is 30.3 Å². The summed E-state index contributed by atoms with van der Waals surface area (Å²) in [7, 11) is 0. The molecule has 2 N–H and O–H groups in total. The van der Waals surface area contributed by atoms with Gasteiger partial charge >= 0.3 is 18.2 Å². The van der Waals surface area contributed by atoms with Gasteiger partial charge < -0.3 is 9.84 Å². The summed E-state index contributed by atoms with van der Waals surface area (Å²) >= 11 is 0. The Morgan fingerprint density at radius 3 is 2.52 bits per heavy atom. The number of alkyl halides is 3. The average molecular weight is 357 g/mol. The Balaban J connectivity index is 2.05. The fourth-order valence-electron chi connectivity index (χ4n) is 1.92. The van der Waals surface area contributed by atoms with Crippen LogP contribution in [-0.4, -0.2) is 26.9 Å². The van der Waals surface area contributed by atoms with E-state index in [-0.39, 0.29) is 13.2 Å². The number of carboxylic acid groups (broad SMARTS) is 1. The second-order valence-electron chi connectivity index (χ2n) is 4.98. The first-order valence-electron chi connectivity index (χ1n) is 7.10. The van der Waals surface area contributed by atoms with Crippen LogP contribution in [0.5, 0.6) is 0 Å². The van der Waals surface area contributed by atoms with E-state index in [9.17, 15) is 22.8 Å². The zero-order valence-electron chi connectivity index (χ0n) is 12.8. The maximum atomic E-state index is 13.0. The number of hydrogen-bond acceptors (Lipinski definition) is 4. The molecule has 0 radical (unpaired) electrons. The normalized spacial score (nSPS) is 11.2. The number of amides is 1. The third kappa shape index (κ3) is 5.52. The molecule has 0 saturated heterocycles. The van der Waals surface area contributed by atoms with E-state index in [4.69, 9.17) is 9.84 Å². The minimum Gasteiger partial charge on any atom is -0.481 e. The second kappa shape index (κ2) is 7.69. The Bertz CT molecular complexity index is 744. The number of rotatable bonds is 6. The Hall–Kier alpha value is -3.04. The molecule has 1 amide bonds. The molecule has 0 spiro atoms. The molecule has 0 bridgehead atoms. The van der Waals surface area contributed by atoms with E-state index < -0.39 is 36.0 Å². The lowest BCUT2D eigenvalue weighted by atomic mass is 10.2. The van der Waals surface area contributed by atoms with Crippen molar-refractivity contribution in [2.45, 2.75) is 25.7 Å². The predicted molar refractivity (Wildman–Crippen MR) is 79.7 cm³/mol. The molecule has 1 aromatic heterocycles. The topological polar surface area (TPSA) is 93.5 Å². The summed E-state index contributed by atoms with van der Waals surface area (Å²) in [6.45, 7) is -0.375. The smallest absolute Gasteiger partial charge is 0.437 e. The van der Waals surface area contributed by atoms with Gasteiger partial charge in [0.15, 0.2) is 5.69 Å². The Labute approximate surface area is 140 Å². The zero-order chi connectivity index (χ0) is 18.4. The minimum absolute atomic E-state index is 0.110. The highest BCUT2D eigenvalue weighted by atomic mass is 19.4. The number of carbonyl (C=O) groups is 2. The molecule has 1 aromatic carbocycles. The molecule has 2 rings (SSSR count).